The van der Waals surface area contributed by atoms with Crippen LogP contribution in [0.3, 0.4) is 0 Å². The molecule has 210 valence electrons. The van der Waals surface area contributed by atoms with Crippen LogP contribution in [0.2, 0.25) is 0 Å². The van der Waals surface area contributed by atoms with Gasteiger partial charge >= 0.3 is 0 Å². The number of ether oxygens (including phenoxy) is 1. The number of nitrogens with zero attached hydrogens (tertiary/aromatic N) is 3. The molecule has 4 heteroatoms. The summed E-state index contributed by atoms with van der Waals surface area (Å²) in [6.07, 6.45) is 10.4. The molecular weight excluding hydrogens is 478 g/mol. The lowest BCUT2D eigenvalue weighted by Crippen LogP contribution is -2.45. The Balaban J connectivity index is 1.33. The van der Waals surface area contributed by atoms with Gasteiger partial charge in [-0.15, -0.1) is 0 Å². The van der Waals surface area contributed by atoms with Crippen molar-refractivity contribution in [2.24, 2.45) is 0 Å². The first-order chi connectivity index (χ1) is 19.1. The van der Waals surface area contributed by atoms with E-state index in [-0.39, 0.29) is 0 Å². The Kier molecular flexibility index (Phi) is 11.6. The first-order valence-corrected chi connectivity index (χ1v) is 15.1. The first kappa shape index (κ1) is 29.0. The summed E-state index contributed by atoms with van der Waals surface area (Å²) in [7, 11) is 4.20. The molecule has 4 rings (SSSR count). The Labute approximate surface area is 237 Å². The molecule has 1 fully saturated rings. The van der Waals surface area contributed by atoms with Gasteiger partial charge in [-0.25, -0.2) is 0 Å². The monoisotopic (exact) mass is 527 g/mol. The maximum atomic E-state index is 6.07. The molecule has 0 radical (unpaired) electrons. The van der Waals surface area contributed by atoms with E-state index in [9.17, 15) is 0 Å². The minimum Gasteiger partial charge on any atom is -0.489 e. The highest BCUT2D eigenvalue weighted by Crippen LogP contribution is 2.28. The zero-order valence-electron chi connectivity index (χ0n) is 24.5. The minimum atomic E-state index is 0.601. The molecule has 0 atom stereocenters. The summed E-state index contributed by atoms with van der Waals surface area (Å²) in [5, 5.41) is 0. The van der Waals surface area contributed by atoms with Crippen LogP contribution in [-0.4, -0.2) is 44.7 Å². The van der Waals surface area contributed by atoms with Crippen LogP contribution in [0.15, 0.2) is 78.9 Å². The van der Waals surface area contributed by atoms with Crippen molar-refractivity contribution < 1.29 is 4.74 Å². The van der Waals surface area contributed by atoms with Gasteiger partial charge in [-0.3, -0.25) is 4.90 Å². The average molecular weight is 528 g/mol. The Morgan fingerprint density at radius 2 is 1.36 bits per heavy atom. The molecule has 0 aliphatic carbocycles. The van der Waals surface area contributed by atoms with Crippen LogP contribution >= 0.6 is 0 Å². The number of rotatable bonds is 15. The van der Waals surface area contributed by atoms with Crippen molar-refractivity contribution in [3.05, 3.63) is 90.0 Å². The minimum absolute atomic E-state index is 0.601. The lowest BCUT2D eigenvalue weighted by molar-refractivity contribution is 0.201. The number of unbranched alkanes of at least 4 members (excludes halogenated alkanes) is 5. The number of piperidine rings is 1. The zero-order chi connectivity index (χ0) is 27.3. The molecule has 0 bridgehead atoms. The highest BCUT2D eigenvalue weighted by atomic mass is 16.5. The van der Waals surface area contributed by atoms with E-state index in [4.69, 9.17) is 4.74 Å². The SMILES string of the molecule is CCCCCCCCN(c1ccc(OCc2ccccc2)cc1)C1CCN(Cc2ccc(N(C)C)cc2)CC1. The lowest BCUT2D eigenvalue weighted by atomic mass is 10.0. The quantitative estimate of drug-likeness (QED) is 0.186. The van der Waals surface area contributed by atoms with Crippen LogP contribution in [0, 0.1) is 0 Å². The molecule has 1 aliphatic heterocycles. The molecule has 1 saturated heterocycles. The third kappa shape index (κ3) is 9.32. The summed E-state index contributed by atoms with van der Waals surface area (Å²) in [5.74, 6) is 0.942. The van der Waals surface area contributed by atoms with E-state index in [1.807, 2.05) is 6.07 Å². The van der Waals surface area contributed by atoms with Crippen molar-refractivity contribution in [2.45, 2.75) is 77.5 Å². The van der Waals surface area contributed by atoms with Crippen molar-refractivity contribution in [1.29, 1.82) is 0 Å². The van der Waals surface area contributed by atoms with Gasteiger partial charge < -0.3 is 14.5 Å². The number of hydrogen-bond acceptors (Lipinski definition) is 4. The van der Waals surface area contributed by atoms with Gasteiger partial charge in [0, 0.05) is 57.7 Å². The summed E-state index contributed by atoms with van der Waals surface area (Å²) in [6.45, 7) is 7.41. The number of hydrogen-bond donors (Lipinski definition) is 0. The maximum Gasteiger partial charge on any atom is 0.119 e. The Bertz CT molecular complexity index is 1060. The van der Waals surface area contributed by atoms with Crippen LogP contribution in [0.1, 0.15) is 69.4 Å². The normalized spacial score (nSPS) is 14.3. The predicted molar refractivity (Wildman–Crippen MR) is 167 cm³/mol. The van der Waals surface area contributed by atoms with Crippen LogP contribution in [-0.2, 0) is 13.2 Å². The second kappa shape index (κ2) is 15.6. The summed E-state index contributed by atoms with van der Waals surface area (Å²) in [4.78, 5) is 7.49. The number of benzene rings is 3. The van der Waals surface area contributed by atoms with E-state index in [0.717, 1.165) is 31.9 Å². The predicted octanol–water partition coefficient (Wildman–Crippen LogP) is 8.16. The van der Waals surface area contributed by atoms with E-state index in [0.29, 0.717) is 12.6 Å². The number of likely N-dealkylation sites (tertiary alicyclic amines) is 1. The molecule has 0 aromatic heterocycles. The third-order valence-electron chi connectivity index (χ3n) is 8.03. The van der Waals surface area contributed by atoms with Gasteiger partial charge in [-0.05, 0) is 66.8 Å². The van der Waals surface area contributed by atoms with Crippen LogP contribution in [0.5, 0.6) is 5.75 Å². The van der Waals surface area contributed by atoms with Gasteiger partial charge in [0.2, 0.25) is 0 Å². The lowest BCUT2D eigenvalue weighted by Gasteiger charge is -2.40. The molecule has 0 N–H and O–H groups in total. The Hall–Kier alpha value is -2.98. The second-order valence-corrected chi connectivity index (χ2v) is 11.3. The van der Waals surface area contributed by atoms with Gasteiger partial charge in [0.05, 0.1) is 0 Å². The summed E-state index contributed by atoms with van der Waals surface area (Å²) in [6, 6.07) is 28.9. The Morgan fingerprint density at radius 3 is 2.03 bits per heavy atom. The molecule has 0 saturated carbocycles. The van der Waals surface area contributed by atoms with Crippen molar-refractivity contribution in [3.63, 3.8) is 0 Å². The molecule has 3 aromatic carbocycles. The average Bonchev–Trinajstić information content (AvgIpc) is 2.97. The molecule has 1 aliphatic rings. The molecule has 0 amide bonds. The van der Waals surface area contributed by atoms with Crippen molar-refractivity contribution in [2.75, 3.05) is 43.5 Å². The van der Waals surface area contributed by atoms with E-state index in [1.54, 1.807) is 0 Å². The maximum absolute atomic E-state index is 6.07. The fraction of sp³-hybridized carbons (Fsp3) is 0.486. The van der Waals surface area contributed by atoms with E-state index < -0.39 is 0 Å². The van der Waals surface area contributed by atoms with Crippen LogP contribution < -0.4 is 14.5 Å². The molecular formula is C35H49N3O. The van der Waals surface area contributed by atoms with Gasteiger partial charge in [0.15, 0.2) is 0 Å². The molecule has 39 heavy (non-hydrogen) atoms. The van der Waals surface area contributed by atoms with Gasteiger partial charge in [-0.1, -0.05) is 81.5 Å². The smallest absolute Gasteiger partial charge is 0.119 e. The summed E-state index contributed by atoms with van der Waals surface area (Å²) in [5.41, 5.74) is 5.22. The fourth-order valence-electron chi connectivity index (χ4n) is 5.61. The molecule has 0 unspecified atom stereocenters. The zero-order valence-corrected chi connectivity index (χ0v) is 24.5. The number of anilines is 2. The highest BCUT2D eigenvalue weighted by Gasteiger charge is 2.25. The largest absolute Gasteiger partial charge is 0.489 e. The standard InChI is InChI=1S/C35H49N3O/c1-4-5-6-7-8-12-25-38(33-19-21-35(22-20-33)39-29-31-13-10-9-11-14-31)34-23-26-37(27-24-34)28-30-15-17-32(18-16-30)36(2)3/h9-11,13-22,34H,4-8,12,23-29H2,1-3H3. The first-order valence-electron chi connectivity index (χ1n) is 15.1. The molecule has 0 spiro atoms. The van der Waals surface area contributed by atoms with Gasteiger partial charge in [-0.2, -0.15) is 0 Å². The van der Waals surface area contributed by atoms with Crippen molar-refractivity contribution >= 4 is 11.4 Å². The molecule has 4 nitrogen and oxygen atoms in total. The summed E-state index contributed by atoms with van der Waals surface area (Å²) >= 11 is 0. The van der Waals surface area contributed by atoms with E-state index in [1.165, 1.54) is 73.9 Å². The van der Waals surface area contributed by atoms with Gasteiger partial charge in [0.25, 0.3) is 0 Å². The van der Waals surface area contributed by atoms with Gasteiger partial charge in [0.1, 0.15) is 12.4 Å². The van der Waals surface area contributed by atoms with E-state index in [2.05, 4.69) is 109 Å². The molecule has 1 heterocycles. The third-order valence-corrected chi connectivity index (χ3v) is 8.03. The highest BCUT2D eigenvalue weighted by molar-refractivity contribution is 5.50. The summed E-state index contributed by atoms with van der Waals surface area (Å²) < 4.78 is 6.07. The van der Waals surface area contributed by atoms with Crippen LogP contribution in [0.4, 0.5) is 11.4 Å². The van der Waals surface area contributed by atoms with Crippen LogP contribution in [0.25, 0.3) is 0 Å². The van der Waals surface area contributed by atoms with E-state index >= 15 is 0 Å². The van der Waals surface area contributed by atoms with Crippen molar-refractivity contribution in [3.8, 4) is 5.75 Å². The Morgan fingerprint density at radius 1 is 0.718 bits per heavy atom. The topological polar surface area (TPSA) is 19.0 Å². The fourth-order valence-corrected chi connectivity index (χ4v) is 5.61. The second-order valence-electron chi connectivity index (χ2n) is 11.3. The van der Waals surface area contributed by atoms with Crippen molar-refractivity contribution in [1.82, 2.24) is 4.90 Å². The molecule has 3 aromatic rings.